The average Bonchev–Trinajstić information content (AvgIpc) is 3.10. The van der Waals surface area contributed by atoms with E-state index in [2.05, 4.69) is 10.6 Å². The molecule has 0 bridgehead atoms. The number of rotatable bonds is 6. The van der Waals surface area contributed by atoms with Gasteiger partial charge in [0.25, 0.3) is 0 Å². The van der Waals surface area contributed by atoms with Gasteiger partial charge in [-0.15, -0.1) is 0 Å². The van der Waals surface area contributed by atoms with Crippen molar-refractivity contribution < 1.29 is 13.6 Å². The Morgan fingerprint density at radius 3 is 2.55 bits per heavy atom. The molecular formula is C17H24F2N2O. The topological polar surface area (TPSA) is 41.1 Å². The molecule has 22 heavy (non-hydrogen) atoms. The molecule has 2 rings (SSSR count). The van der Waals surface area contributed by atoms with Crippen molar-refractivity contribution in [3.05, 3.63) is 35.4 Å². The predicted molar refractivity (Wildman–Crippen MR) is 82.4 cm³/mol. The zero-order chi connectivity index (χ0) is 16.5. The van der Waals surface area contributed by atoms with E-state index in [-0.39, 0.29) is 23.3 Å². The van der Waals surface area contributed by atoms with Gasteiger partial charge in [0.05, 0.1) is 0 Å². The first-order chi connectivity index (χ1) is 10.1. The summed E-state index contributed by atoms with van der Waals surface area (Å²) in [6.45, 7) is 7.40. The lowest BCUT2D eigenvalue weighted by molar-refractivity contribution is -0.120. The molecule has 0 unspecified atom stereocenters. The van der Waals surface area contributed by atoms with Crippen LogP contribution in [0.5, 0.6) is 0 Å². The Labute approximate surface area is 130 Å². The second-order valence-electron chi connectivity index (χ2n) is 7.02. The van der Waals surface area contributed by atoms with Gasteiger partial charge in [0, 0.05) is 29.6 Å². The van der Waals surface area contributed by atoms with Crippen LogP contribution in [0.15, 0.2) is 18.2 Å². The summed E-state index contributed by atoms with van der Waals surface area (Å²) in [5, 5.41) is 6.33. The Kier molecular flexibility index (Phi) is 4.57. The van der Waals surface area contributed by atoms with Gasteiger partial charge in [-0.25, -0.2) is 8.78 Å². The van der Waals surface area contributed by atoms with Gasteiger partial charge in [0.1, 0.15) is 11.6 Å². The molecule has 0 aliphatic heterocycles. The van der Waals surface area contributed by atoms with Crippen LogP contribution in [0.25, 0.3) is 0 Å². The van der Waals surface area contributed by atoms with Crippen LogP contribution < -0.4 is 10.6 Å². The smallest absolute Gasteiger partial charge is 0.217 e. The highest BCUT2D eigenvalue weighted by Crippen LogP contribution is 2.47. The summed E-state index contributed by atoms with van der Waals surface area (Å²) in [4.78, 5) is 11.2. The average molecular weight is 310 g/mol. The molecule has 1 aromatic rings. The number of hydrogen-bond acceptors (Lipinski definition) is 2. The van der Waals surface area contributed by atoms with E-state index in [0.717, 1.165) is 18.9 Å². The SMILES string of the molecule is CC(=O)NC(C)(C)C[C@@H](C)NC1(c2cc(F)ccc2F)CC1. The molecule has 1 saturated carbocycles. The number of carbonyl (C=O) groups excluding carboxylic acids is 1. The number of hydrogen-bond donors (Lipinski definition) is 2. The second-order valence-corrected chi connectivity index (χ2v) is 7.02. The fourth-order valence-corrected chi connectivity index (χ4v) is 3.30. The van der Waals surface area contributed by atoms with Crippen LogP contribution in [0.1, 0.15) is 52.5 Å². The van der Waals surface area contributed by atoms with E-state index in [1.54, 1.807) is 0 Å². The molecule has 0 spiro atoms. The van der Waals surface area contributed by atoms with Crippen LogP contribution in [0.2, 0.25) is 0 Å². The number of nitrogens with one attached hydrogen (secondary N) is 2. The molecule has 5 heteroatoms. The lowest BCUT2D eigenvalue weighted by atomic mass is 9.94. The van der Waals surface area contributed by atoms with Gasteiger partial charge in [-0.2, -0.15) is 0 Å². The lowest BCUT2D eigenvalue weighted by Gasteiger charge is -2.32. The van der Waals surface area contributed by atoms with Gasteiger partial charge in [0.15, 0.2) is 0 Å². The summed E-state index contributed by atoms with van der Waals surface area (Å²) in [7, 11) is 0. The fourth-order valence-electron chi connectivity index (χ4n) is 3.30. The third-order valence-corrected chi connectivity index (χ3v) is 4.05. The first-order valence-electron chi connectivity index (χ1n) is 7.66. The Morgan fingerprint density at radius 1 is 1.36 bits per heavy atom. The molecule has 1 amide bonds. The number of carbonyl (C=O) groups is 1. The van der Waals surface area contributed by atoms with E-state index in [0.29, 0.717) is 12.0 Å². The molecule has 0 heterocycles. The highest BCUT2D eigenvalue weighted by molar-refractivity contribution is 5.73. The number of halogens is 2. The third-order valence-electron chi connectivity index (χ3n) is 4.05. The van der Waals surface area contributed by atoms with E-state index < -0.39 is 11.4 Å². The maximum atomic E-state index is 14.0. The van der Waals surface area contributed by atoms with Crippen LogP contribution >= 0.6 is 0 Å². The summed E-state index contributed by atoms with van der Waals surface area (Å²) < 4.78 is 27.4. The Bertz CT molecular complexity index is 568. The molecule has 3 nitrogen and oxygen atoms in total. The van der Waals surface area contributed by atoms with Crippen molar-refractivity contribution in [3.8, 4) is 0 Å². The second kappa shape index (κ2) is 5.95. The van der Waals surface area contributed by atoms with Crippen molar-refractivity contribution in [2.45, 2.75) is 64.1 Å². The van der Waals surface area contributed by atoms with Gasteiger partial charge in [0.2, 0.25) is 5.91 Å². The van der Waals surface area contributed by atoms with Crippen molar-refractivity contribution in [2.75, 3.05) is 0 Å². The highest BCUT2D eigenvalue weighted by Gasteiger charge is 2.47. The maximum Gasteiger partial charge on any atom is 0.217 e. The molecule has 1 aliphatic carbocycles. The Hall–Kier alpha value is -1.49. The molecule has 1 aromatic carbocycles. The minimum atomic E-state index is -0.474. The standard InChI is InChI=1S/C17H24F2N2O/c1-11(10-16(3,4)21-12(2)22)20-17(7-8-17)14-9-13(18)5-6-15(14)19/h5-6,9,11,20H,7-8,10H2,1-4H3,(H,21,22)/t11-/m1/s1. The van der Waals surface area contributed by atoms with Gasteiger partial charge in [-0.05, 0) is 58.2 Å². The summed E-state index contributed by atoms with van der Waals surface area (Å²) in [5.41, 5.74) is -0.427. The summed E-state index contributed by atoms with van der Waals surface area (Å²) in [5.74, 6) is -0.870. The highest BCUT2D eigenvalue weighted by atomic mass is 19.1. The van der Waals surface area contributed by atoms with Crippen molar-refractivity contribution in [1.29, 1.82) is 0 Å². The van der Waals surface area contributed by atoms with Crippen molar-refractivity contribution >= 4 is 5.91 Å². The van der Waals surface area contributed by atoms with E-state index in [1.807, 2.05) is 20.8 Å². The summed E-state index contributed by atoms with van der Waals surface area (Å²) >= 11 is 0. The Balaban J connectivity index is 2.06. The quantitative estimate of drug-likeness (QED) is 0.847. The zero-order valence-corrected chi connectivity index (χ0v) is 13.6. The number of benzene rings is 1. The molecule has 1 fully saturated rings. The Morgan fingerprint density at radius 2 is 2.00 bits per heavy atom. The van der Waals surface area contributed by atoms with Gasteiger partial charge in [-0.1, -0.05) is 0 Å². The lowest BCUT2D eigenvalue weighted by Crippen LogP contribution is -2.48. The van der Waals surface area contributed by atoms with Crippen LogP contribution in [-0.4, -0.2) is 17.5 Å². The largest absolute Gasteiger partial charge is 0.351 e. The van der Waals surface area contributed by atoms with E-state index in [1.165, 1.54) is 19.1 Å². The maximum absolute atomic E-state index is 14.0. The van der Waals surface area contributed by atoms with Gasteiger partial charge < -0.3 is 10.6 Å². The first kappa shape index (κ1) is 16.9. The molecule has 1 aliphatic rings. The summed E-state index contributed by atoms with van der Waals surface area (Å²) in [6, 6.07) is 3.66. The zero-order valence-electron chi connectivity index (χ0n) is 13.6. The summed E-state index contributed by atoms with van der Waals surface area (Å²) in [6.07, 6.45) is 2.28. The minimum Gasteiger partial charge on any atom is -0.351 e. The minimum absolute atomic E-state index is 0.0621. The molecule has 1 atom stereocenters. The molecule has 122 valence electrons. The monoisotopic (exact) mass is 310 g/mol. The van der Waals surface area contributed by atoms with Crippen LogP contribution in [0.4, 0.5) is 8.78 Å². The van der Waals surface area contributed by atoms with E-state index in [4.69, 9.17) is 0 Å². The molecule has 0 aromatic heterocycles. The molecule has 0 saturated heterocycles. The normalized spacial score (nSPS) is 17.9. The van der Waals surface area contributed by atoms with Crippen molar-refractivity contribution in [3.63, 3.8) is 0 Å². The molecule has 0 radical (unpaired) electrons. The van der Waals surface area contributed by atoms with Crippen molar-refractivity contribution in [1.82, 2.24) is 10.6 Å². The van der Waals surface area contributed by atoms with E-state index in [9.17, 15) is 13.6 Å². The molecular weight excluding hydrogens is 286 g/mol. The van der Waals surface area contributed by atoms with E-state index >= 15 is 0 Å². The van der Waals surface area contributed by atoms with Crippen LogP contribution in [0, 0.1) is 11.6 Å². The third kappa shape index (κ3) is 4.03. The predicted octanol–water partition coefficient (Wildman–Crippen LogP) is 3.24. The first-order valence-corrected chi connectivity index (χ1v) is 7.66. The van der Waals surface area contributed by atoms with Crippen LogP contribution in [0.3, 0.4) is 0 Å². The number of amides is 1. The molecule has 2 N–H and O–H groups in total. The van der Waals surface area contributed by atoms with Gasteiger partial charge >= 0.3 is 0 Å². The van der Waals surface area contributed by atoms with Gasteiger partial charge in [-0.3, -0.25) is 4.79 Å². The van der Waals surface area contributed by atoms with Crippen molar-refractivity contribution in [2.24, 2.45) is 0 Å². The van der Waals surface area contributed by atoms with Crippen LogP contribution in [-0.2, 0) is 10.3 Å². The fraction of sp³-hybridized carbons (Fsp3) is 0.588.